The Morgan fingerprint density at radius 3 is 2.71 bits per heavy atom. The SMILES string of the molecule is COCc1nc(N2CCN(C)CC2)sc1C#N. The van der Waals surface area contributed by atoms with Crippen LogP contribution >= 0.6 is 11.3 Å². The number of aromatic nitrogens is 1. The number of hydrogen-bond acceptors (Lipinski definition) is 6. The van der Waals surface area contributed by atoms with Crippen molar-refractivity contribution in [2.45, 2.75) is 6.61 Å². The second-order valence-corrected chi connectivity index (χ2v) is 5.08. The van der Waals surface area contributed by atoms with Gasteiger partial charge in [-0.3, -0.25) is 0 Å². The van der Waals surface area contributed by atoms with Gasteiger partial charge in [0, 0.05) is 33.3 Å². The van der Waals surface area contributed by atoms with Crippen LogP contribution in [0.2, 0.25) is 0 Å². The van der Waals surface area contributed by atoms with Crippen molar-refractivity contribution in [2.24, 2.45) is 0 Å². The number of anilines is 1. The maximum absolute atomic E-state index is 9.04. The fourth-order valence-corrected chi connectivity index (χ4v) is 2.71. The summed E-state index contributed by atoms with van der Waals surface area (Å²) >= 11 is 1.46. The van der Waals surface area contributed by atoms with E-state index in [1.165, 1.54) is 11.3 Å². The number of hydrogen-bond donors (Lipinski definition) is 0. The van der Waals surface area contributed by atoms with Gasteiger partial charge < -0.3 is 14.5 Å². The molecule has 0 unspecified atom stereocenters. The zero-order valence-corrected chi connectivity index (χ0v) is 11.0. The lowest BCUT2D eigenvalue weighted by atomic mass is 10.3. The van der Waals surface area contributed by atoms with E-state index in [0.717, 1.165) is 37.0 Å². The maximum Gasteiger partial charge on any atom is 0.186 e. The lowest BCUT2D eigenvalue weighted by Gasteiger charge is -2.32. The van der Waals surface area contributed by atoms with Crippen LogP contribution in [0.25, 0.3) is 0 Å². The molecule has 1 saturated heterocycles. The van der Waals surface area contributed by atoms with Gasteiger partial charge in [-0.1, -0.05) is 11.3 Å². The van der Waals surface area contributed by atoms with Crippen LogP contribution in [0.4, 0.5) is 5.13 Å². The van der Waals surface area contributed by atoms with E-state index in [2.05, 4.69) is 27.9 Å². The van der Waals surface area contributed by atoms with Crippen LogP contribution < -0.4 is 4.90 Å². The lowest BCUT2D eigenvalue weighted by molar-refractivity contribution is 0.182. The quantitative estimate of drug-likeness (QED) is 0.800. The molecule has 0 radical (unpaired) electrons. The first-order valence-corrected chi connectivity index (χ1v) is 6.38. The molecule has 1 aromatic rings. The van der Waals surface area contributed by atoms with Gasteiger partial charge in [0.05, 0.1) is 12.3 Å². The van der Waals surface area contributed by atoms with E-state index in [0.29, 0.717) is 11.5 Å². The first-order chi connectivity index (χ1) is 8.24. The van der Waals surface area contributed by atoms with Crippen molar-refractivity contribution in [1.82, 2.24) is 9.88 Å². The average Bonchev–Trinajstić information content (AvgIpc) is 2.74. The van der Waals surface area contributed by atoms with Crippen LogP contribution in [-0.4, -0.2) is 50.2 Å². The number of piperazine rings is 1. The van der Waals surface area contributed by atoms with Crippen molar-refractivity contribution in [3.63, 3.8) is 0 Å². The van der Waals surface area contributed by atoms with E-state index in [1.54, 1.807) is 7.11 Å². The Hall–Kier alpha value is -1.16. The van der Waals surface area contributed by atoms with E-state index in [9.17, 15) is 0 Å². The molecule has 0 spiro atoms. The molecule has 92 valence electrons. The average molecular weight is 252 g/mol. The molecule has 1 aliphatic rings. The van der Waals surface area contributed by atoms with Gasteiger partial charge in [0.25, 0.3) is 0 Å². The molecule has 2 heterocycles. The third-order valence-corrected chi connectivity index (χ3v) is 3.91. The Balaban J connectivity index is 2.13. The van der Waals surface area contributed by atoms with Crippen LogP contribution in [0.5, 0.6) is 0 Å². The highest BCUT2D eigenvalue weighted by molar-refractivity contribution is 7.16. The van der Waals surface area contributed by atoms with Crippen molar-refractivity contribution in [2.75, 3.05) is 45.2 Å². The summed E-state index contributed by atoms with van der Waals surface area (Å²) in [6, 6.07) is 2.19. The summed E-state index contributed by atoms with van der Waals surface area (Å²) < 4.78 is 5.05. The largest absolute Gasteiger partial charge is 0.378 e. The molecular formula is C11H16N4OS. The summed E-state index contributed by atoms with van der Waals surface area (Å²) in [6.45, 7) is 4.44. The molecule has 6 heteroatoms. The number of ether oxygens (including phenoxy) is 1. The number of methoxy groups -OCH3 is 1. The third kappa shape index (κ3) is 2.75. The molecule has 5 nitrogen and oxygen atoms in total. The number of nitriles is 1. The zero-order valence-electron chi connectivity index (χ0n) is 10.1. The summed E-state index contributed by atoms with van der Waals surface area (Å²) in [4.78, 5) is 9.70. The molecule has 0 aliphatic carbocycles. The van der Waals surface area contributed by atoms with Gasteiger partial charge in [-0.2, -0.15) is 5.26 Å². The fourth-order valence-electron chi connectivity index (χ4n) is 1.79. The Morgan fingerprint density at radius 2 is 2.12 bits per heavy atom. The van der Waals surface area contributed by atoms with E-state index in [-0.39, 0.29) is 0 Å². The van der Waals surface area contributed by atoms with Gasteiger partial charge in [-0.05, 0) is 7.05 Å². The van der Waals surface area contributed by atoms with Crippen LogP contribution in [0, 0.1) is 11.3 Å². The van der Waals surface area contributed by atoms with Gasteiger partial charge in [0.15, 0.2) is 5.13 Å². The summed E-state index contributed by atoms with van der Waals surface area (Å²) in [6.07, 6.45) is 0. The Kier molecular flexibility index (Phi) is 3.94. The van der Waals surface area contributed by atoms with E-state index < -0.39 is 0 Å². The molecule has 2 rings (SSSR count). The molecule has 1 fully saturated rings. The number of likely N-dealkylation sites (N-methyl/N-ethyl adjacent to an activating group) is 1. The molecule has 0 amide bonds. The Morgan fingerprint density at radius 1 is 1.41 bits per heavy atom. The topological polar surface area (TPSA) is 52.4 Å². The molecule has 1 aromatic heterocycles. The van der Waals surface area contributed by atoms with E-state index >= 15 is 0 Å². The van der Waals surface area contributed by atoms with Crippen molar-refractivity contribution < 1.29 is 4.74 Å². The van der Waals surface area contributed by atoms with Gasteiger partial charge in [0.1, 0.15) is 10.9 Å². The van der Waals surface area contributed by atoms with Gasteiger partial charge in [-0.25, -0.2) is 4.98 Å². The zero-order chi connectivity index (χ0) is 12.3. The fraction of sp³-hybridized carbons (Fsp3) is 0.636. The highest BCUT2D eigenvalue weighted by Gasteiger charge is 2.19. The smallest absolute Gasteiger partial charge is 0.186 e. The predicted octanol–water partition coefficient (Wildman–Crippen LogP) is 0.913. The number of thiazole rings is 1. The third-order valence-electron chi connectivity index (χ3n) is 2.84. The molecule has 0 aromatic carbocycles. The highest BCUT2D eigenvalue weighted by atomic mass is 32.1. The Bertz CT molecular complexity index is 418. The number of rotatable bonds is 3. The van der Waals surface area contributed by atoms with Crippen molar-refractivity contribution in [3.8, 4) is 6.07 Å². The maximum atomic E-state index is 9.04. The molecule has 0 N–H and O–H groups in total. The second-order valence-electron chi connectivity index (χ2n) is 4.11. The first-order valence-electron chi connectivity index (χ1n) is 5.57. The highest BCUT2D eigenvalue weighted by Crippen LogP contribution is 2.26. The van der Waals surface area contributed by atoms with E-state index in [1.807, 2.05) is 0 Å². The monoisotopic (exact) mass is 252 g/mol. The standard InChI is InChI=1S/C11H16N4OS/c1-14-3-5-15(6-4-14)11-13-9(8-16-2)10(7-12)17-11/h3-6,8H2,1-2H3. The molecule has 0 saturated carbocycles. The predicted molar refractivity (Wildman–Crippen MR) is 67.3 cm³/mol. The molecular weight excluding hydrogens is 236 g/mol. The van der Waals surface area contributed by atoms with Gasteiger partial charge in [-0.15, -0.1) is 0 Å². The summed E-state index contributed by atoms with van der Waals surface area (Å²) in [7, 11) is 3.74. The lowest BCUT2D eigenvalue weighted by Crippen LogP contribution is -2.44. The van der Waals surface area contributed by atoms with Crippen LogP contribution in [0.15, 0.2) is 0 Å². The molecule has 1 aliphatic heterocycles. The van der Waals surface area contributed by atoms with E-state index in [4.69, 9.17) is 10.00 Å². The van der Waals surface area contributed by atoms with Crippen LogP contribution in [0.3, 0.4) is 0 Å². The van der Waals surface area contributed by atoms with Crippen molar-refractivity contribution in [3.05, 3.63) is 10.6 Å². The van der Waals surface area contributed by atoms with Gasteiger partial charge in [0.2, 0.25) is 0 Å². The molecule has 0 atom stereocenters. The van der Waals surface area contributed by atoms with Crippen molar-refractivity contribution in [1.29, 1.82) is 5.26 Å². The minimum Gasteiger partial charge on any atom is -0.378 e. The van der Waals surface area contributed by atoms with Crippen LogP contribution in [0.1, 0.15) is 10.6 Å². The summed E-state index contributed by atoms with van der Waals surface area (Å²) in [5, 5.41) is 9.98. The summed E-state index contributed by atoms with van der Waals surface area (Å²) in [5.41, 5.74) is 0.758. The van der Waals surface area contributed by atoms with Gasteiger partial charge >= 0.3 is 0 Å². The first kappa shape index (κ1) is 12.3. The number of nitrogens with zero attached hydrogens (tertiary/aromatic N) is 4. The second kappa shape index (κ2) is 5.45. The summed E-state index contributed by atoms with van der Waals surface area (Å²) in [5.74, 6) is 0. The normalized spacial score (nSPS) is 17.1. The molecule has 17 heavy (non-hydrogen) atoms. The minimum absolute atomic E-state index is 0.410. The Labute approximate surface area is 105 Å². The minimum atomic E-state index is 0.410. The van der Waals surface area contributed by atoms with Crippen molar-refractivity contribution >= 4 is 16.5 Å². The van der Waals surface area contributed by atoms with Crippen LogP contribution in [-0.2, 0) is 11.3 Å². The molecule has 0 bridgehead atoms.